The van der Waals surface area contributed by atoms with Gasteiger partial charge in [0.1, 0.15) is 12.6 Å². The number of halogens is 4. The average Bonchev–Trinajstić information content (AvgIpc) is 2.42. The van der Waals surface area contributed by atoms with Crippen LogP contribution in [0.4, 0.5) is 8.78 Å². The summed E-state index contributed by atoms with van der Waals surface area (Å²) in [6, 6.07) is 5.78. The van der Waals surface area contributed by atoms with Gasteiger partial charge in [-0.15, -0.1) is 12.4 Å². The molecule has 1 fully saturated rings. The Morgan fingerprint density at radius 3 is 2.30 bits per heavy atom. The zero-order chi connectivity index (χ0) is 13.9. The van der Waals surface area contributed by atoms with Gasteiger partial charge in [-0.3, -0.25) is 4.90 Å². The molecule has 1 aliphatic rings. The molecule has 0 radical (unpaired) electrons. The summed E-state index contributed by atoms with van der Waals surface area (Å²) in [7, 11) is 0. The predicted molar refractivity (Wildman–Crippen MR) is 80.6 cm³/mol. The zero-order valence-corrected chi connectivity index (χ0v) is 13.3. The Bertz CT molecular complexity index is 413. The molecule has 0 aromatic heterocycles. The second kappa shape index (κ2) is 7.66. The molecule has 2 N–H and O–H groups in total. The molecule has 0 amide bonds. The lowest BCUT2D eigenvalue weighted by molar-refractivity contribution is -0.118. The van der Waals surface area contributed by atoms with Crippen LogP contribution in [0, 0.1) is 0 Å². The van der Waals surface area contributed by atoms with Crippen molar-refractivity contribution < 1.29 is 13.9 Å². The molecule has 7 heteroatoms. The highest BCUT2D eigenvalue weighted by atomic mass is 79.9. The Hall–Kier alpha value is -0.270. The molecule has 114 valence electrons. The molecule has 2 rings (SSSR count). The second-order valence-corrected chi connectivity index (χ2v) is 5.57. The first kappa shape index (κ1) is 17.8. The summed E-state index contributed by atoms with van der Waals surface area (Å²) >= 11 is 3.30. The van der Waals surface area contributed by atoms with Crippen LogP contribution in [0.25, 0.3) is 0 Å². The van der Waals surface area contributed by atoms with Crippen LogP contribution in [0.3, 0.4) is 0 Å². The molecule has 0 aliphatic carbocycles. The van der Waals surface area contributed by atoms with Crippen molar-refractivity contribution in [2.45, 2.75) is 12.0 Å². The number of piperazine rings is 1. The molecule has 0 saturated carbocycles. The van der Waals surface area contributed by atoms with Crippen LogP contribution in [0.2, 0.25) is 0 Å². The first-order valence-electron chi connectivity index (χ1n) is 6.23. The lowest BCUT2D eigenvalue weighted by Crippen LogP contribution is -2.51. The molecule has 0 spiro atoms. The standard InChI is InChI=1S/C13H17BrF2N2O.ClH/c14-11-3-1-10(2-4-11)12(13(15,16)9-19)18-7-5-17-6-8-18;/h1-4,12,17,19H,5-9H2;1H/t12-;/m1./s1. The first-order chi connectivity index (χ1) is 9.04. The van der Waals surface area contributed by atoms with E-state index in [-0.39, 0.29) is 12.4 Å². The van der Waals surface area contributed by atoms with Crippen molar-refractivity contribution in [3.05, 3.63) is 34.3 Å². The summed E-state index contributed by atoms with van der Waals surface area (Å²) in [4.78, 5) is 1.73. The van der Waals surface area contributed by atoms with Gasteiger partial charge < -0.3 is 10.4 Å². The topological polar surface area (TPSA) is 35.5 Å². The fraction of sp³-hybridized carbons (Fsp3) is 0.538. The van der Waals surface area contributed by atoms with Crippen molar-refractivity contribution in [3.63, 3.8) is 0 Å². The van der Waals surface area contributed by atoms with E-state index in [1.165, 1.54) is 0 Å². The number of benzene rings is 1. The number of rotatable bonds is 4. The number of aliphatic hydroxyl groups is 1. The number of nitrogens with zero attached hydrogens (tertiary/aromatic N) is 1. The number of aliphatic hydroxyl groups excluding tert-OH is 1. The summed E-state index contributed by atoms with van der Waals surface area (Å²) in [5.41, 5.74) is 0.532. The minimum absolute atomic E-state index is 0. The van der Waals surface area contributed by atoms with Crippen molar-refractivity contribution >= 4 is 28.3 Å². The summed E-state index contributed by atoms with van der Waals surface area (Å²) in [5, 5.41) is 12.2. The molecule has 1 aromatic carbocycles. The molecule has 1 aliphatic heterocycles. The van der Waals surface area contributed by atoms with E-state index in [9.17, 15) is 8.78 Å². The summed E-state index contributed by atoms with van der Waals surface area (Å²) in [6.45, 7) is 1.34. The number of alkyl halides is 2. The molecule has 20 heavy (non-hydrogen) atoms. The van der Waals surface area contributed by atoms with Crippen molar-refractivity contribution in [1.29, 1.82) is 0 Å². The van der Waals surface area contributed by atoms with E-state index in [2.05, 4.69) is 21.2 Å². The van der Waals surface area contributed by atoms with Crippen LogP contribution < -0.4 is 5.32 Å². The number of hydrogen-bond acceptors (Lipinski definition) is 3. The van der Waals surface area contributed by atoms with Crippen molar-refractivity contribution in [1.82, 2.24) is 10.2 Å². The van der Waals surface area contributed by atoms with E-state index in [0.29, 0.717) is 31.7 Å². The summed E-state index contributed by atoms with van der Waals surface area (Å²) in [6.07, 6.45) is 0. The molecule has 0 bridgehead atoms. The third-order valence-electron chi connectivity index (χ3n) is 3.31. The van der Waals surface area contributed by atoms with Crippen molar-refractivity contribution in [2.24, 2.45) is 0 Å². The third kappa shape index (κ3) is 4.11. The zero-order valence-electron chi connectivity index (χ0n) is 10.9. The van der Waals surface area contributed by atoms with E-state index in [1.54, 1.807) is 29.2 Å². The highest BCUT2D eigenvalue weighted by Gasteiger charge is 2.43. The van der Waals surface area contributed by atoms with Gasteiger partial charge in [-0.05, 0) is 17.7 Å². The van der Waals surface area contributed by atoms with Gasteiger partial charge in [0.2, 0.25) is 0 Å². The van der Waals surface area contributed by atoms with Crippen LogP contribution in [0.5, 0.6) is 0 Å². The third-order valence-corrected chi connectivity index (χ3v) is 3.84. The van der Waals surface area contributed by atoms with Gasteiger partial charge >= 0.3 is 0 Å². The minimum atomic E-state index is -3.15. The van der Waals surface area contributed by atoms with E-state index < -0.39 is 18.6 Å². The van der Waals surface area contributed by atoms with E-state index in [0.717, 1.165) is 4.47 Å². The molecule has 1 aromatic rings. The summed E-state index contributed by atoms with van der Waals surface area (Å²) < 4.78 is 29.0. The average molecular weight is 372 g/mol. The van der Waals surface area contributed by atoms with E-state index in [1.807, 2.05) is 0 Å². The van der Waals surface area contributed by atoms with E-state index in [4.69, 9.17) is 5.11 Å². The number of nitrogens with one attached hydrogen (secondary N) is 1. The van der Waals surface area contributed by atoms with Crippen molar-refractivity contribution in [2.75, 3.05) is 32.8 Å². The highest BCUT2D eigenvalue weighted by Crippen LogP contribution is 2.36. The lowest BCUT2D eigenvalue weighted by Gasteiger charge is -2.38. The van der Waals surface area contributed by atoms with Crippen LogP contribution >= 0.6 is 28.3 Å². The number of hydrogen-bond donors (Lipinski definition) is 2. The van der Waals surface area contributed by atoms with Gasteiger partial charge in [-0.1, -0.05) is 28.1 Å². The fourth-order valence-electron chi connectivity index (χ4n) is 2.39. The molecule has 1 saturated heterocycles. The Morgan fingerprint density at radius 1 is 1.25 bits per heavy atom. The highest BCUT2D eigenvalue weighted by molar-refractivity contribution is 9.10. The van der Waals surface area contributed by atoms with Gasteiger partial charge in [-0.25, -0.2) is 8.78 Å². The quantitative estimate of drug-likeness (QED) is 0.853. The van der Waals surface area contributed by atoms with Crippen LogP contribution in [0.15, 0.2) is 28.7 Å². The maximum Gasteiger partial charge on any atom is 0.289 e. The van der Waals surface area contributed by atoms with E-state index >= 15 is 0 Å². The fourth-order valence-corrected chi connectivity index (χ4v) is 2.66. The normalized spacial score (nSPS) is 18.4. The Labute approximate surface area is 131 Å². The Kier molecular flexibility index (Phi) is 6.81. The second-order valence-electron chi connectivity index (χ2n) is 4.66. The van der Waals surface area contributed by atoms with Gasteiger partial charge in [0.25, 0.3) is 5.92 Å². The smallest absolute Gasteiger partial charge is 0.289 e. The molecular formula is C13H18BrClF2N2O. The van der Waals surface area contributed by atoms with Crippen LogP contribution in [-0.4, -0.2) is 48.7 Å². The van der Waals surface area contributed by atoms with Gasteiger partial charge in [-0.2, -0.15) is 0 Å². The van der Waals surface area contributed by atoms with Crippen LogP contribution in [-0.2, 0) is 0 Å². The summed E-state index contributed by atoms with van der Waals surface area (Å²) in [5.74, 6) is -3.15. The van der Waals surface area contributed by atoms with Crippen LogP contribution in [0.1, 0.15) is 11.6 Å². The molecule has 0 unspecified atom stereocenters. The largest absolute Gasteiger partial charge is 0.390 e. The van der Waals surface area contributed by atoms with Gasteiger partial charge in [0.05, 0.1) is 0 Å². The SMILES string of the molecule is Cl.OCC(F)(F)[C@@H](c1ccc(Br)cc1)N1CCNCC1. The predicted octanol–water partition coefficient (Wildman–Crippen LogP) is 2.44. The minimum Gasteiger partial charge on any atom is -0.390 e. The molecule has 3 nitrogen and oxygen atoms in total. The van der Waals surface area contributed by atoms with Crippen molar-refractivity contribution in [3.8, 4) is 0 Å². The molecule has 1 heterocycles. The molecular weight excluding hydrogens is 354 g/mol. The Balaban J connectivity index is 0.00000200. The Morgan fingerprint density at radius 2 is 1.80 bits per heavy atom. The van der Waals surface area contributed by atoms with Gasteiger partial charge in [0.15, 0.2) is 0 Å². The monoisotopic (exact) mass is 370 g/mol. The lowest BCUT2D eigenvalue weighted by atomic mass is 9.98. The maximum absolute atomic E-state index is 14.1. The maximum atomic E-state index is 14.1. The molecule has 1 atom stereocenters. The first-order valence-corrected chi connectivity index (χ1v) is 7.03. The van der Waals surface area contributed by atoms with Gasteiger partial charge in [0, 0.05) is 30.7 Å².